The van der Waals surface area contributed by atoms with Gasteiger partial charge in [0, 0.05) is 18.0 Å². The zero-order chi connectivity index (χ0) is 18.4. The molecule has 6 nitrogen and oxygen atoms in total. The monoisotopic (exact) mass is 365 g/mol. The highest BCUT2D eigenvalue weighted by atomic mass is 32.2. The number of hydrogen-bond acceptors (Lipinski definition) is 5. The van der Waals surface area contributed by atoms with Crippen LogP contribution >= 0.6 is 11.8 Å². The molecule has 0 bridgehead atoms. The van der Waals surface area contributed by atoms with Crippen LogP contribution in [0.25, 0.3) is 0 Å². The fraction of sp³-hybridized carbons (Fsp3) is 0.556. The van der Waals surface area contributed by atoms with Crippen molar-refractivity contribution in [3.05, 3.63) is 24.3 Å². The van der Waals surface area contributed by atoms with Crippen LogP contribution in [0.4, 0.5) is 5.69 Å². The first-order valence-corrected chi connectivity index (χ1v) is 9.66. The van der Waals surface area contributed by atoms with E-state index in [1.54, 1.807) is 23.7 Å². The Hall–Kier alpha value is -1.57. The minimum atomic E-state index is -0.125. The number of morpholine rings is 1. The molecule has 1 aliphatic heterocycles. The van der Waals surface area contributed by atoms with Gasteiger partial charge in [0.2, 0.25) is 11.8 Å². The summed E-state index contributed by atoms with van der Waals surface area (Å²) in [6.45, 7) is 5.53. The lowest BCUT2D eigenvalue weighted by Gasteiger charge is -2.36. The van der Waals surface area contributed by atoms with Crippen molar-refractivity contribution >= 4 is 29.3 Å². The third-order valence-electron chi connectivity index (χ3n) is 3.97. The van der Waals surface area contributed by atoms with E-state index < -0.39 is 0 Å². The highest BCUT2D eigenvalue weighted by Crippen LogP contribution is 2.24. The van der Waals surface area contributed by atoms with E-state index >= 15 is 0 Å². The van der Waals surface area contributed by atoms with Crippen molar-refractivity contribution in [1.29, 1.82) is 0 Å². The van der Waals surface area contributed by atoms with Gasteiger partial charge in [0.15, 0.2) is 0 Å². The van der Waals surface area contributed by atoms with E-state index in [2.05, 4.69) is 5.32 Å². The summed E-state index contributed by atoms with van der Waals surface area (Å²) >= 11 is 1.59. The summed E-state index contributed by atoms with van der Waals surface area (Å²) in [5, 5.41) is 2.91. The number of hydrogen-bond donors (Lipinski definition) is 1. The van der Waals surface area contributed by atoms with Crippen molar-refractivity contribution < 1.29 is 14.3 Å². The molecule has 25 heavy (non-hydrogen) atoms. The topological polar surface area (TPSA) is 61.9 Å². The van der Waals surface area contributed by atoms with Crippen molar-refractivity contribution in [2.45, 2.75) is 31.0 Å². The van der Waals surface area contributed by atoms with Crippen molar-refractivity contribution in [3.63, 3.8) is 0 Å². The van der Waals surface area contributed by atoms with E-state index in [-0.39, 0.29) is 37.1 Å². The van der Waals surface area contributed by atoms with Crippen LogP contribution < -0.4 is 5.32 Å². The molecule has 1 N–H and O–H groups in total. The van der Waals surface area contributed by atoms with Gasteiger partial charge in [0.1, 0.15) is 0 Å². The van der Waals surface area contributed by atoms with Crippen LogP contribution in [0, 0.1) is 0 Å². The largest absolute Gasteiger partial charge is 0.372 e. The van der Waals surface area contributed by atoms with Gasteiger partial charge in [-0.15, -0.1) is 11.8 Å². The molecule has 0 unspecified atom stereocenters. The number of nitrogens with zero attached hydrogens (tertiary/aromatic N) is 2. The Labute approximate surface area is 153 Å². The minimum absolute atomic E-state index is 0.0295. The summed E-state index contributed by atoms with van der Waals surface area (Å²) < 4.78 is 5.65. The van der Waals surface area contributed by atoms with Crippen molar-refractivity contribution in [2.24, 2.45) is 0 Å². The second-order valence-electron chi connectivity index (χ2n) is 6.48. The molecule has 1 aliphatic rings. The first-order valence-electron chi connectivity index (χ1n) is 8.43. The predicted octanol–water partition coefficient (Wildman–Crippen LogP) is 1.91. The quantitative estimate of drug-likeness (QED) is 0.781. The predicted molar refractivity (Wildman–Crippen MR) is 101 cm³/mol. The van der Waals surface area contributed by atoms with Crippen LogP contribution in [0.5, 0.6) is 0 Å². The fourth-order valence-electron chi connectivity index (χ4n) is 2.95. The van der Waals surface area contributed by atoms with Crippen LogP contribution in [0.3, 0.4) is 0 Å². The molecule has 2 amide bonds. The van der Waals surface area contributed by atoms with Crippen LogP contribution in [-0.2, 0) is 14.3 Å². The average molecular weight is 365 g/mol. The summed E-state index contributed by atoms with van der Waals surface area (Å²) in [6.07, 6.45) is 2.06. The highest BCUT2D eigenvalue weighted by molar-refractivity contribution is 7.98. The second kappa shape index (κ2) is 9.22. The molecule has 0 saturated carbocycles. The van der Waals surface area contributed by atoms with Gasteiger partial charge in [-0.3, -0.25) is 14.5 Å². The molecule has 138 valence electrons. The van der Waals surface area contributed by atoms with E-state index in [0.29, 0.717) is 13.1 Å². The van der Waals surface area contributed by atoms with Crippen LogP contribution in [0.15, 0.2) is 29.2 Å². The Morgan fingerprint density at radius 3 is 2.52 bits per heavy atom. The first kappa shape index (κ1) is 19.8. The lowest BCUT2D eigenvalue weighted by Crippen LogP contribution is -2.51. The van der Waals surface area contributed by atoms with Gasteiger partial charge in [-0.1, -0.05) is 12.1 Å². The molecule has 1 fully saturated rings. The van der Waals surface area contributed by atoms with Crippen molar-refractivity contribution in [1.82, 2.24) is 9.80 Å². The van der Waals surface area contributed by atoms with Crippen LogP contribution in [-0.4, -0.2) is 73.3 Å². The third-order valence-corrected chi connectivity index (χ3v) is 4.77. The number of para-hydroxylation sites is 1. The number of carbonyl (C=O) groups is 2. The van der Waals surface area contributed by atoms with Gasteiger partial charge in [-0.25, -0.2) is 0 Å². The van der Waals surface area contributed by atoms with Gasteiger partial charge >= 0.3 is 0 Å². The summed E-state index contributed by atoms with van der Waals surface area (Å²) in [7, 11) is 1.78. The van der Waals surface area contributed by atoms with E-state index in [0.717, 1.165) is 10.6 Å². The zero-order valence-electron chi connectivity index (χ0n) is 15.3. The molecular formula is C18H27N3O3S. The molecule has 1 aromatic carbocycles. The van der Waals surface area contributed by atoms with Gasteiger partial charge in [0.25, 0.3) is 0 Å². The average Bonchev–Trinajstić information content (AvgIpc) is 2.54. The maximum absolute atomic E-state index is 12.4. The van der Waals surface area contributed by atoms with Gasteiger partial charge in [0.05, 0.1) is 31.0 Å². The molecule has 1 heterocycles. The lowest BCUT2D eigenvalue weighted by molar-refractivity contribution is -0.144. The Morgan fingerprint density at radius 2 is 1.88 bits per heavy atom. The maximum atomic E-state index is 12.4. The maximum Gasteiger partial charge on any atom is 0.238 e. The highest BCUT2D eigenvalue weighted by Gasteiger charge is 2.26. The van der Waals surface area contributed by atoms with Gasteiger partial charge in [-0.05, 0) is 39.3 Å². The summed E-state index contributed by atoms with van der Waals surface area (Å²) in [4.78, 5) is 29.3. The molecule has 1 saturated heterocycles. The van der Waals surface area contributed by atoms with E-state index in [4.69, 9.17) is 4.74 Å². The third kappa shape index (κ3) is 6.02. The van der Waals surface area contributed by atoms with Crippen LogP contribution in [0.1, 0.15) is 13.8 Å². The van der Waals surface area contributed by atoms with Crippen LogP contribution in [0.2, 0.25) is 0 Å². The van der Waals surface area contributed by atoms with E-state index in [9.17, 15) is 9.59 Å². The number of carbonyl (C=O) groups excluding carboxylic acids is 2. The molecule has 0 aliphatic carbocycles. The molecule has 0 aromatic heterocycles. The molecular weight excluding hydrogens is 338 g/mol. The molecule has 0 radical (unpaired) electrons. The number of benzene rings is 1. The van der Waals surface area contributed by atoms with Crippen molar-refractivity contribution in [3.8, 4) is 0 Å². The molecule has 0 spiro atoms. The molecule has 1 aromatic rings. The van der Waals surface area contributed by atoms with Gasteiger partial charge < -0.3 is 15.0 Å². The zero-order valence-corrected chi connectivity index (χ0v) is 16.1. The van der Waals surface area contributed by atoms with Crippen molar-refractivity contribution in [2.75, 3.05) is 44.8 Å². The molecule has 2 rings (SSSR count). The number of likely N-dealkylation sites (N-methyl/N-ethyl adjacent to an activating group) is 1. The summed E-state index contributed by atoms with van der Waals surface area (Å²) in [5.74, 6) is -0.0951. The van der Waals surface area contributed by atoms with Gasteiger partial charge in [-0.2, -0.15) is 0 Å². The number of amides is 2. The Balaban J connectivity index is 1.83. The van der Waals surface area contributed by atoms with E-state index in [1.165, 1.54) is 0 Å². The fourth-order valence-corrected chi connectivity index (χ4v) is 3.50. The number of nitrogens with one attached hydrogen (secondary N) is 1. The SMILES string of the molecule is CSc1ccccc1NC(=O)CN(C)CC(=O)N1C[C@@H](C)O[C@H](C)C1. The lowest BCUT2D eigenvalue weighted by atomic mass is 10.2. The summed E-state index contributed by atoms with van der Waals surface area (Å²) in [6, 6.07) is 7.68. The number of thioether (sulfide) groups is 1. The standard InChI is InChI=1S/C18H27N3O3S/c1-13-9-21(10-14(2)24-13)18(23)12-20(3)11-17(22)19-15-7-5-6-8-16(15)25-4/h5-8,13-14H,9-12H2,1-4H3,(H,19,22)/t13-,14-/m1/s1. The normalized spacial score (nSPS) is 20.6. The Kier molecular flexibility index (Phi) is 7.28. The first-order chi connectivity index (χ1) is 11.9. The minimum Gasteiger partial charge on any atom is -0.372 e. The molecule has 2 atom stereocenters. The summed E-state index contributed by atoms with van der Waals surface area (Å²) in [5.41, 5.74) is 0.801. The number of rotatable bonds is 6. The second-order valence-corrected chi connectivity index (χ2v) is 7.32. The number of ether oxygens (including phenoxy) is 1. The Bertz CT molecular complexity index is 601. The Morgan fingerprint density at radius 1 is 1.24 bits per heavy atom. The number of anilines is 1. The molecule has 7 heteroatoms. The smallest absolute Gasteiger partial charge is 0.238 e. The van der Waals surface area contributed by atoms with E-state index in [1.807, 2.05) is 49.3 Å².